The van der Waals surface area contributed by atoms with E-state index in [1.165, 1.54) is 0 Å². The molecule has 1 unspecified atom stereocenters. The summed E-state index contributed by atoms with van der Waals surface area (Å²) < 4.78 is 23.4. The maximum atomic E-state index is 11.7. The van der Waals surface area contributed by atoms with E-state index < -0.39 is 9.84 Å². The molecule has 1 N–H and O–H groups in total. The van der Waals surface area contributed by atoms with E-state index in [1.807, 2.05) is 0 Å². The molecule has 0 rings (SSSR count). The van der Waals surface area contributed by atoms with Crippen LogP contribution >= 0.6 is 0 Å². The quantitative estimate of drug-likeness (QED) is 0.716. The van der Waals surface area contributed by atoms with Crippen LogP contribution in [0.25, 0.3) is 0 Å². The Labute approximate surface area is 101 Å². The highest BCUT2D eigenvalue weighted by Crippen LogP contribution is 2.16. The van der Waals surface area contributed by atoms with Crippen LogP contribution in [-0.4, -0.2) is 32.5 Å². The summed E-state index contributed by atoms with van der Waals surface area (Å²) in [7, 11) is -2.88. The predicted octanol–water partition coefficient (Wildman–Crippen LogP) is 2.08. The normalized spacial score (nSPS) is 14.7. The van der Waals surface area contributed by atoms with Crippen molar-refractivity contribution in [3.63, 3.8) is 0 Å². The first-order chi connectivity index (χ1) is 7.31. The highest BCUT2D eigenvalue weighted by Gasteiger charge is 2.20. The second kappa shape index (κ2) is 7.28. The fraction of sp³-hybridized carbons (Fsp3) is 1.00. The monoisotopic (exact) mass is 249 g/mol. The Morgan fingerprint density at radius 1 is 1.12 bits per heavy atom. The Bertz CT molecular complexity index is 271. The van der Waals surface area contributed by atoms with Crippen LogP contribution in [0.3, 0.4) is 0 Å². The predicted molar refractivity (Wildman–Crippen MR) is 70.4 cm³/mol. The summed E-state index contributed by atoms with van der Waals surface area (Å²) in [5.41, 5.74) is 0. The molecule has 0 saturated heterocycles. The molecule has 16 heavy (non-hydrogen) atoms. The Morgan fingerprint density at radius 2 is 1.69 bits per heavy atom. The molecule has 0 saturated carbocycles. The van der Waals surface area contributed by atoms with Crippen molar-refractivity contribution in [3.05, 3.63) is 0 Å². The first-order valence-electron chi connectivity index (χ1n) is 6.23. The van der Waals surface area contributed by atoms with Gasteiger partial charge in [0.15, 0.2) is 9.84 Å². The van der Waals surface area contributed by atoms with E-state index >= 15 is 0 Å². The number of rotatable bonds is 8. The third-order valence-corrected chi connectivity index (χ3v) is 5.33. The lowest BCUT2D eigenvalue weighted by Gasteiger charge is -2.21. The van der Waals surface area contributed by atoms with Gasteiger partial charge in [-0.1, -0.05) is 20.8 Å². The molecule has 98 valence electrons. The van der Waals surface area contributed by atoms with Gasteiger partial charge in [-0.25, -0.2) is 8.42 Å². The molecule has 4 heteroatoms. The maximum Gasteiger partial charge on any atom is 0.152 e. The molecular weight excluding hydrogens is 222 g/mol. The molecule has 0 aliphatic carbocycles. The standard InChI is InChI=1S/C12H27NO2S/c1-6-13-9-12(10(2)3)7-8-16(14,15)11(4)5/h10-13H,6-9H2,1-5H3. The summed E-state index contributed by atoms with van der Waals surface area (Å²) in [5, 5.41) is 3.05. The zero-order valence-corrected chi connectivity index (χ0v) is 12.1. The van der Waals surface area contributed by atoms with Gasteiger partial charge in [-0.3, -0.25) is 0 Å². The molecule has 0 aromatic heterocycles. The first kappa shape index (κ1) is 15.9. The van der Waals surface area contributed by atoms with E-state index in [-0.39, 0.29) is 5.25 Å². The first-order valence-corrected chi connectivity index (χ1v) is 7.95. The molecule has 0 aliphatic rings. The minimum Gasteiger partial charge on any atom is -0.317 e. The summed E-state index contributed by atoms with van der Waals surface area (Å²) >= 11 is 0. The fourth-order valence-electron chi connectivity index (χ4n) is 1.55. The van der Waals surface area contributed by atoms with Gasteiger partial charge in [0, 0.05) is 0 Å². The average molecular weight is 249 g/mol. The second-order valence-electron chi connectivity index (χ2n) is 5.02. The lowest BCUT2D eigenvalue weighted by atomic mass is 9.93. The Morgan fingerprint density at radius 3 is 2.06 bits per heavy atom. The molecule has 3 nitrogen and oxygen atoms in total. The maximum absolute atomic E-state index is 11.7. The Balaban J connectivity index is 4.22. The molecule has 0 aliphatic heterocycles. The number of nitrogens with one attached hydrogen (secondary N) is 1. The van der Waals surface area contributed by atoms with Gasteiger partial charge in [-0.05, 0) is 45.2 Å². The summed E-state index contributed by atoms with van der Waals surface area (Å²) in [6, 6.07) is 0. The zero-order valence-electron chi connectivity index (χ0n) is 11.3. The number of hydrogen-bond acceptors (Lipinski definition) is 3. The van der Waals surface area contributed by atoms with Crippen molar-refractivity contribution in [1.29, 1.82) is 0 Å². The Kier molecular flexibility index (Phi) is 7.24. The molecule has 0 bridgehead atoms. The average Bonchev–Trinajstić information content (AvgIpc) is 2.16. The van der Waals surface area contributed by atoms with Crippen molar-refractivity contribution in [3.8, 4) is 0 Å². The summed E-state index contributed by atoms with van der Waals surface area (Å²) in [4.78, 5) is 0. The molecular formula is C12H27NO2S. The molecule has 0 radical (unpaired) electrons. The van der Waals surface area contributed by atoms with Gasteiger partial charge in [0.25, 0.3) is 0 Å². The van der Waals surface area contributed by atoms with Crippen molar-refractivity contribution >= 4 is 9.84 Å². The van der Waals surface area contributed by atoms with E-state index in [1.54, 1.807) is 13.8 Å². The third kappa shape index (κ3) is 5.85. The van der Waals surface area contributed by atoms with E-state index in [0.29, 0.717) is 17.6 Å². The van der Waals surface area contributed by atoms with Gasteiger partial charge in [-0.15, -0.1) is 0 Å². The van der Waals surface area contributed by atoms with Crippen molar-refractivity contribution in [2.75, 3.05) is 18.8 Å². The Hall–Kier alpha value is -0.0900. The lowest BCUT2D eigenvalue weighted by molar-refractivity contribution is 0.355. The summed E-state index contributed by atoms with van der Waals surface area (Å²) in [5.74, 6) is 1.30. The largest absolute Gasteiger partial charge is 0.317 e. The third-order valence-electron chi connectivity index (χ3n) is 3.09. The molecule has 0 spiro atoms. The molecule has 1 atom stereocenters. The van der Waals surface area contributed by atoms with Crippen molar-refractivity contribution in [2.45, 2.75) is 46.3 Å². The van der Waals surface area contributed by atoms with Gasteiger partial charge < -0.3 is 5.32 Å². The molecule has 0 aromatic carbocycles. The minimum atomic E-state index is -2.88. The van der Waals surface area contributed by atoms with Crippen molar-refractivity contribution in [1.82, 2.24) is 5.32 Å². The number of hydrogen-bond donors (Lipinski definition) is 1. The van der Waals surface area contributed by atoms with E-state index in [4.69, 9.17) is 0 Å². The molecule has 0 fully saturated rings. The SMILES string of the molecule is CCNCC(CCS(=O)(=O)C(C)C)C(C)C. The van der Waals surface area contributed by atoms with Crippen LogP contribution in [-0.2, 0) is 9.84 Å². The minimum absolute atomic E-state index is 0.251. The van der Waals surface area contributed by atoms with Gasteiger partial charge in [0.2, 0.25) is 0 Å². The molecule has 0 aromatic rings. The zero-order chi connectivity index (χ0) is 12.8. The van der Waals surface area contributed by atoms with Gasteiger partial charge in [-0.2, -0.15) is 0 Å². The van der Waals surface area contributed by atoms with E-state index in [2.05, 4.69) is 26.1 Å². The van der Waals surface area contributed by atoms with Crippen LogP contribution in [0.5, 0.6) is 0 Å². The molecule has 0 amide bonds. The summed E-state index contributed by atoms with van der Waals surface area (Å²) in [6.45, 7) is 11.8. The van der Waals surface area contributed by atoms with Crippen LogP contribution in [0.2, 0.25) is 0 Å². The van der Waals surface area contributed by atoms with E-state index in [0.717, 1.165) is 19.5 Å². The van der Waals surface area contributed by atoms with Gasteiger partial charge >= 0.3 is 0 Å². The molecule has 0 heterocycles. The van der Waals surface area contributed by atoms with Crippen LogP contribution in [0.15, 0.2) is 0 Å². The van der Waals surface area contributed by atoms with Gasteiger partial charge in [0.05, 0.1) is 11.0 Å². The topological polar surface area (TPSA) is 46.2 Å². The van der Waals surface area contributed by atoms with Gasteiger partial charge in [0.1, 0.15) is 0 Å². The van der Waals surface area contributed by atoms with Crippen LogP contribution in [0.4, 0.5) is 0 Å². The van der Waals surface area contributed by atoms with Crippen molar-refractivity contribution in [2.24, 2.45) is 11.8 Å². The van der Waals surface area contributed by atoms with Crippen LogP contribution in [0, 0.1) is 11.8 Å². The number of sulfone groups is 1. The lowest BCUT2D eigenvalue weighted by Crippen LogP contribution is -2.29. The highest BCUT2D eigenvalue weighted by molar-refractivity contribution is 7.91. The smallest absolute Gasteiger partial charge is 0.152 e. The van der Waals surface area contributed by atoms with Crippen LogP contribution < -0.4 is 5.32 Å². The van der Waals surface area contributed by atoms with E-state index in [9.17, 15) is 8.42 Å². The second-order valence-corrected chi connectivity index (χ2v) is 7.69. The van der Waals surface area contributed by atoms with Crippen molar-refractivity contribution < 1.29 is 8.42 Å². The van der Waals surface area contributed by atoms with Crippen LogP contribution in [0.1, 0.15) is 41.0 Å². The highest BCUT2D eigenvalue weighted by atomic mass is 32.2. The fourth-order valence-corrected chi connectivity index (χ4v) is 2.65. The summed E-state index contributed by atoms with van der Waals surface area (Å²) in [6.07, 6.45) is 0.769.